The van der Waals surface area contributed by atoms with E-state index in [9.17, 15) is 4.79 Å². The second-order valence-corrected chi connectivity index (χ2v) is 7.76. The third-order valence-corrected chi connectivity index (χ3v) is 4.81. The molecule has 0 amide bonds. The van der Waals surface area contributed by atoms with Crippen molar-refractivity contribution in [1.82, 2.24) is 4.98 Å². The van der Waals surface area contributed by atoms with Gasteiger partial charge in [-0.2, -0.15) is 0 Å². The summed E-state index contributed by atoms with van der Waals surface area (Å²) in [6, 6.07) is 14.2. The number of nitrogens with two attached hydrogens (primary N) is 1. The van der Waals surface area contributed by atoms with Crippen molar-refractivity contribution in [2.45, 2.75) is 33.7 Å². The van der Waals surface area contributed by atoms with Gasteiger partial charge in [0.2, 0.25) is 6.61 Å². The predicted molar refractivity (Wildman–Crippen MR) is 120 cm³/mol. The van der Waals surface area contributed by atoms with Gasteiger partial charge in [0.15, 0.2) is 0 Å². The van der Waals surface area contributed by atoms with E-state index in [4.69, 9.17) is 20.7 Å². The van der Waals surface area contributed by atoms with Gasteiger partial charge in [-0.3, -0.25) is 4.98 Å². The number of pyridine rings is 1. The monoisotopic (exact) mass is 405 g/mol. The van der Waals surface area contributed by atoms with Crippen molar-refractivity contribution >= 4 is 23.1 Å². The van der Waals surface area contributed by atoms with Gasteiger partial charge in [0.1, 0.15) is 0 Å². The lowest BCUT2D eigenvalue weighted by molar-refractivity contribution is -0.142. The Balaban J connectivity index is 2.18. The van der Waals surface area contributed by atoms with Crippen molar-refractivity contribution in [3.63, 3.8) is 0 Å². The van der Waals surface area contributed by atoms with Gasteiger partial charge in [-0.1, -0.05) is 54.9 Å². The molecule has 2 aromatic carbocycles. The van der Waals surface area contributed by atoms with E-state index in [0.717, 1.165) is 45.3 Å². The number of aryl methyl sites for hydroxylation is 1. The quantitative estimate of drug-likeness (QED) is 0.430. The second-order valence-electron chi connectivity index (χ2n) is 7.76. The van der Waals surface area contributed by atoms with Gasteiger partial charge in [0.05, 0.1) is 11.7 Å². The highest BCUT2D eigenvalue weighted by atomic mass is 16.6. The Morgan fingerprint density at radius 2 is 1.97 bits per heavy atom. The molecule has 3 rings (SSSR count). The fraction of sp³-hybridized carbons (Fsp3) is 0.292. The third-order valence-electron chi connectivity index (χ3n) is 4.81. The van der Waals surface area contributed by atoms with Crippen LogP contribution in [0, 0.1) is 12.8 Å². The molecular formula is C24H27N3O3. The molecule has 0 saturated heterocycles. The summed E-state index contributed by atoms with van der Waals surface area (Å²) in [5.74, 6) is -0.606. The molecule has 0 unspecified atom stereocenters. The lowest BCUT2D eigenvalue weighted by Gasteiger charge is -2.18. The van der Waals surface area contributed by atoms with Crippen LogP contribution in [0.4, 0.5) is 0 Å². The molecule has 3 N–H and O–H groups in total. The summed E-state index contributed by atoms with van der Waals surface area (Å²) in [6.45, 7) is 6.33. The molecule has 0 atom stereocenters. The molecule has 156 valence electrons. The maximum atomic E-state index is 10.6. The van der Waals surface area contributed by atoms with E-state index < -0.39 is 12.6 Å². The predicted octanol–water partition coefficient (Wildman–Crippen LogP) is 4.30. The number of rotatable bonds is 8. The average molecular weight is 405 g/mol. The number of benzene rings is 2. The zero-order chi connectivity index (χ0) is 21.7. The van der Waals surface area contributed by atoms with Crippen molar-refractivity contribution in [2.24, 2.45) is 16.8 Å². The van der Waals surface area contributed by atoms with Crippen LogP contribution in [0.25, 0.3) is 22.0 Å². The molecule has 0 saturated carbocycles. The molecule has 0 radical (unpaired) electrons. The van der Waals surface area contributed by atoms with Crippen LogP contribution in [0.3, 0.4) is 0 Å². The van der Waals surface area contributed by atoms with Gasteiger partial charge < -0.3 is 15.7 Å². The summed E-state index contributed by atoms with van der Waals surface area (Å²) >= 11 is 0. The minimum absolute atomic E-state index is 0.397. The van der Waals surface area contributed by atoms with Crippen LogP contribution in [0.2, 0.25) is 0 Å². The molecule has 0 fully saturated rings. The second kappa shape index (κ2) is 9.50. The number of oxime groups is 1. The fourth-order valence-electron chi connectivity index (χ4n) is 3.47. The van der Waals surface area contributed by atoms with Crippen molar-refractivity contribution in [3.05, 3.63) is 64.8 Å². The number of carboxylic acid groups (broad SMARTS) is 1. The van der Waals surface area contributed by atoms with E-state index >= 15 is 0 Å². The molecule has 0 bridgehead atoms. The molecule has 0 aliphatic carbocycles. The molecule has 30 heavy (non-hydrogen) atoms. The van der Waals surface area contributed by atoms with E-state index in [1.165, 1.54) is 11.8 Å². The Bertz CT molecular complexity index is 1070. The number of carbonyl (C=O) groups is 1. The molecule has 1 heterocycles. The lowest BCUT2D eigenvalue weighted by atomic mass is 9.90. The largest absolute Gasteiger partial charge is 0.479 e. The Hall–Kier alpha value is -3.25. The molecule has 0 aliphatic heterocycles. The van der Waals surface area contributed by atoms with Gasteiger partial charge in [-0.25, -0.2) is 4.79 Å². The first-order chi connectivity index (χ1) is 14.4. The zero-order valence-electron chi connectivity index (χ0n) is 17.6. The zero-order valence-corrected chi connectivity index (χ0v) is 17.6. The number of aromatic nitrogens is 1. The van der Waals surface area contributed by atoms with Gasteiger partial charge in [-0.05, 0) is 53.6 Å². The Labute approximate surface area is 176 Å². The van der Waals surface area contributed by atoms with E-state index in [1.54, 1.807) is 0 Å². The van der Waals surface area contributed by atoms with E-state index in [-0.39, 0.29) is 0 Å². The summed E-state index contributed by atoms with van der Waals surface area (Å²) in [5, 5.41) is 13.4. The van der Waals surface area contributed by atoms with Crippen LogP contribution in [-0.4, -0.2) is 28.9 Å². The standard InChI is InChI=1S/C24H27N3O3/c1-15(2)10-22-20(12-25)24(18-7-4-16(3)5-8-18)19-11-17(6-9-21(19)27-22)13-26-30-14-23(28)29/h4-9,11,13,15H,10,12,14,25H2,1-3H3,(H,28,29). The minimum Gasteiger partial charge on any atom is -0.479 e. The molecule has 1 aromatic heterocycles. The molecule has 3 aromatic rings. The molecule has 6 nitrogen and oxygen atoms in total. The van der Waals surface area contributed by atoms with Crippen LogP contribution >= 0.6 is 0 Å². The smallest absolute Gasteiger partial charge is 0.344 e. The Kier molecular flexibility index (Phi) is 6.79. The Morgan fingerprint density at radius 1 is 1.23 bits per heavy atom. The highest BCUT2D eigenvalue weighted by molar-refractivity contribution is 5.99. The number of fused-ring (bicyclic) bond motifs is 1. The van der Waals surface area contributed by atoms with Crippen LogP contribution in [0.1, 0.15) is 36.2 Å². The molecular weight excluding hydrogens is 378 g/mol. The number of hydrogen-bond acceptors (Lipinski definition) is 5. The fourth-order valence-corrected chi connectivity index (χ4v) is 3.47. The van der Waals surface area contributed by atoms with Crippen LogP contribution in [0.5, 0.6) is 0 Å². The van der Waals surface area contributed by atoms with Crippen molar-refractivity contribution in [2.75, 3.05) is 6.61 Å². The summed E-state index contributed by atoms with van der Waals surface area (Å²) < 4.78 is 0. The maximum absolute atomic E-state index is 10.6. The third kappa shape index (κ3) is 5.02. The van der Waals surface area contributed by atoms with Crippen LogP contribution in [-0.2, 0) is 22.6 Å². The first-order valence-corrected chi connectivity index (χ1v) is 9.98. The molecule has 0 aliphatic rings. The summed E-state index contributed by atoms with van der Waals surface area (Å²) in [6.07, 6.45) is 2.36. The normalized spacial score (nSPS) is 11.5. The summed E-state index contributed by atoms with van der Waals surface area (Å²) in [5.41, 5.74) is 13.3. The van der Waals surface area contributed by atoms with Gasteiger partial charge in [-0.15, -0.1) is 0 Å². The number of carboxylic acids is 1. The maximum Gasteiger partial charge on any atom is 0.344 e. The number of aliphatic carboxylic acids is 1. The van der Waals surface area contributed by atoms with Crippen molar-refractivity contribution < 1.29 is 14.7 Å². The van der Waals surface area contributed by atoms with Crippen LogP contribution < -0.4 is 5.73 Å². The highest BCUT2D eigenvalue weighted by Crippen LogP contribution is 2.34. The van der Waals surface area contributed by atoms with Crippen molar-refractivity contribution in [1.29, 1.82) is 0 Å². The number of hydrogen-bond donors (Lipinski definition) is 2. The minimum atomic E-state index is -1.07. The summed E-state index contributed by atoms with van der Waals surface area (Å²) in [7, 11) is 0. The van der Waals surface area contributed by atoms with E-state index in [2.05, 4.69) is 50.2 Å². The van der Waals surface area contributed by atoms with Crippen molar-refractivity contribution in [3.8, 4) is 11.1 Å². The van der Waals surface area contributed by atoms with Crippen LogP contribution in [0.15, 0.2) is 47.6 Å². The average Bonchev–Trinajstić information content (AvgIpc) is 2.70. The topological polar surface area (TPSA) is 97.8 Å². The highest BCUT2D eigenvalue weighted by Gasteiger charge is 2.17. The molecule has 0 spiro atoms. The molecule has 6 heteroatoms. The SMILES string of the molecule is Cc1ccc(-c2c(CN)c(CC(C)C)nc3ccc(C=NOCC(=O)O)cc23)cc1. The van der Waals surface area contributed by atoms with Gasteiger partial charge in [0.25, 0.3) is 0 Å². The Morgan fingerprint density at radius 3 is 2.60 bits per heavy atom. The van der Waals surface area contributed by atoms with E-state index in [1.807, 2.05) is 18.2 Å². The van der Waals surface area contributed by atoms with E-state index in [0.29, 0.717) is 12.5 Å². The van der Waals surface area contributed by atoms with Gasteiger partial charge in [0, 0.05) is 17.6 Å². The first kappa shape index (κ1) is 21.5. The summed E-state index contributed by atoms with van der Waals surface area (Å²) in [4.78, 5) is 20.3. The number of nitrogens with zero attached hydrogens (tertiary/aromatic N) is 2. The first-order valence-electron chi connectivity index (χ1n) is 9.98. The lowest BCUT2D eigenvalue weighted by Crippen LogP contribution is -2.10. The van der Waals surface area contributed by atoms with Gasteiger partial charge >= 0.3 is 5.97 Å².